The molecule has 2 aromatic carbocycles. The van der Waals surface area contributed by atoms with Gasteiger partial charge in [0.15, 0.2) is 0 Å². The summed E-state index contributed by atoms with van der Waals surface area (Å²) in [6.45, 7) is 2.14. The molecule has 1 N–H and O–H groups in total. The van der Waals surface area contributed by atoms with Gasteiger partial charge in [-0.3, -0.25) is 0 Å². The van der Waals surface area contributed by atoms with Gasteiger partial charge in [0.2, 0.25) is 0 Å². The maximum atomic E-state index is 12.8. The third kappa shape index (κ3) is 4.17. The van der Waals surface area contributed by atoms with Crippen LogP contribution in [0.4, 0.5) is 24.5 Å². The Hall–Kier alpha value is -2.52. The molecule has 0 saturated carbocycles. The van der Waals surface area contributed by atoms with Crippen LogP contribution < -0.4 is 10.2 Å². The van der Waals surface area contributed by atoms with Crippen LogP contribution in [0.1, 0.15) is 17.5 Å². The summed E-state index contributed by atoms with van der Waals surface area (Å²) in [4.78, 5) is 2.08. The first-order chi connectivity index (χ1) is 12.5. The summed E-state index contributed by atoms with van der Waals surface area (Å²) in [6.07, 6.45) is -2.95. The molecule has 26 heavy (non-hydrogen) atoms. The molecule has 2 aromatic rings. The average molecular weight is 359 g/mol. The van der Waals surface area contributed by atoms with E-state index in [0.29, 0.717) is 18.9 Å². The smallest absolute Gasteiger partial charge is 0.341 e. The standard InChI is InChI=1S/C20H20F3N3/c21-20(22,23)17-6-8-18(9-7-17)26-14-15(13-25-11-3-10-24)12-16-4-1-2-5-19(16)26/h1-2,4-9,15,25H,3,11-14H2. The second-order valence-corrected chi connectivity index (χ2v) is 6.47. The highest BCUT2D eigenvalue weighted by atomic mass is 19.4. The van der Waals surface area contributed by atoms with Crippen LogP contribution in [0.2, 0.25) is 0 Å². The summed E-state index contributed by atoms with van der Waals surface area (Å²) in [5.41, 5.74) is 2.35. The van der Waals surface area contributed by atoms with Crippen molar-refractivity contribution in [3.8, 4) is 6.07 Å². The molecular formula is C20H20F3N3. The van der Waals surface area contributed by atoms with Crippen molar-refractivity contribution in [2.24, 2.45) is 5.92 Å². The minimum atomic E-state index is -4.33. The first-order valence-corrected chi connectivity index (χ1v) is 8.59. The van der Waals surface area contributed by atoms with Crippen LogP contribution >= 0.6 is 0 Å². The number of rotatable bonds is 5. The fourth-order valence-corrected chi connectivity index (χ4v) is 3.34. The fraction of sp³-hybridized carbons (Fsp3) is 0.350. The number of nitrogens with one attached hydrogen (secondary N) is 1. The summed E-state index contributed by atoms with van der Waals surface area (Å²) < 4.78 is 38.5. The molecule has 3 nitrogen and oxygen atoms in total. The molecule has 1 aliphatic heterocycles. The molecule has 0 amide bonds. The molecule has 0 aliphatic carbocycles. The van der Waals surface area contributed by atoms with Crippen LogP contribution in [0.5, 0.6) is 0 Å². The van der Waals surface area contributed by atoms with Crippen LogP contribution in [0.3, 0.4) is 0 Å². The third-order valence-electron chi connectivity index (χ3n) is 4.58. The van der Waals surface area contributed by atoms with Crippen molar-refractivity contribution in [2.75, 3.05) is 24.5 Å². The van der Waals surface area contributed by atoms with E-state index in [1.165, 1.54) is 17.7 Å². The zero-order valence-corrected chi connectivity index (χ0v) is 14.3. The van der Waals surface area contributed by atoms with Crippen molar-refractivity contribution in [3.63, 3.8) is 0 Å². The molecule has 6 heteroatoms. The molecule has 0 saturated heterocycles. The lowest BCUT2D eigenvalue weighted by Crippen LogP contribution is -2.37. The highest BCUT2D eigenvalue weighted by Gasteiger charge is 2.31. The Morgan fingerprint density at radius 2 is 1.85 bits per heavy atom. The van der Waals surface area contributed by atoms with E-state index in [4.69, 9.17) is 5.26 Å². The minimum absolute atomic E-state index is 0.325. The van der Waals surface area contributed by atoms with E-state index in [0.717, 1.165) is 43.0 Å². The summed E-state index contributed by atoms with van der Waals surface area (Å²) >= 11 is 0. The van der Waals surface area contributed by atoms with E-state index < -0.39 is 11.7 Å². The van der Waals surface area contributed by atoms with Crippen molar-refractivity contribution >= 4 is 11.4 Å². The van der Waals surface area contributed by atoms with Crippen molar-refractivity contribution in [2.45, 2.75) is 19.0 Å². The topological polar surface area (TPSA) is 39.1 Å². The first kappa shape index (κ1) is 18.3. The lowest BCUT2D eigenvalue weighted by molar-refractivity contribution is -0.137. The number of hydrogen-bond donors (Lipinski definition) is 1. The van der Waals surface area contributed by atoms with Gasteiger partial charge in [0.1, 0.15) is 0 Å². The van der Waals surface area contributed by atoms with Crippen molar-refractivity contribution in [1.29, 1.82) is 5.26 Å². The molecule has 1 aliphatic rings. The van der Waals surface area contributed by atoms with Crippen LogP contribution in [-0.2, 0) is 12.6 Å². The third-order valence-corrected chi connectivity index (χ3v) is 4.58. The molecular weight excluding hydrogens is 339 g/mol. The number of fused-ring (bicyclic) bond motifs is 1. The quantitative estimate of drug-likeness (QED) is 0.798. The SMILES string of the molecule is N#CCCNCC1Cc2ccccc2N(c2ccc(C(F)(F)F)cc2)C1. The number of halogens is 3. The van der Waals surface area contributed by atoms with E-state index in [9.17, 15) is 13.2 Å². The van der Waals surface area contributed by atoms with Gasteiger partial charge in [0.25, 0.3) is 0 Å². The van der Waals surface area contributed by atoms with Crippen molar-refractivity contribution in [3.05, 3.63) is 59.7 Å². The monoisotopic (exact) mass is 359 g/mol. The normalized spacial score (nSPS) is 16.8. The number of alkyl halides is 3. The summed E-state index contributed by atoms with van der Waals surface area (Å²) in [5.74, 6) is 0.325. The second-order valence-electron chi connectivity index (χ2n) is 6.47. The molecule has 0 spiro atoms. The van der Waals surface area contributed by atoms with Crippen LogP contribution in [-0.4, -0.2) is 19.6 Å². The van der Waals surface area contributed by atoms with Crippen molar-refractivity contribution < 1.29 is 13.2 Å². The number of anilines is 2. The zero-order chi connectivity index (χ0) is 18.6. The Bertz CT molecular complexity index is 778. The van der Waals surface area contributed by atoms with E-state index in [2.05, 4.69) is 22.4 Å². The van der Waals surface area contributed by atoms with Gasteiger partial charge in [0, 0.05) is 37.4 Å². The maximum Gasteiger partial charge on any atom is 0.416 e. The summed E-state index contributed by atoms with van der Waals surface area (Å²) in [7, 11) is 0. The number of nitriles is 1. The minimum Gasteiger partial charge on any atom is -0.341 e. The predicted molar refractivity (Wildman–Crippen MR) is 95.2 cm³/mol. The van der Waals surface area contributed by atoms with Gasteiger partial charge >= 0.3 is 6.18 Å². The van der Waals surface area contributed by atoms with Crippen LogP contribution in [0, 0.1) is 17.2 Å². The highest BCUT2D eigenvalue weighted by molar-refractivity contribution is 5.68. The Balaban J connectivity index is 1.81. The number of hydrogen-bond acceptors (Lipinski definition) is 3. The Labute approximate surface area is 151 Å². The summed E-state index contributed by atoms with van der Waals surface area (Å²) in [5, 5.41) is 11.9. The van der Waals surface area contributed by atoms with Gasteiger partial charge in [0.05, 0.1) is 11.6 Å². The largest absolute Gasteiger partial charge is 0.416 e. The average Bonchev–Trinajstić information content (AvgIpc) is 2.64. The molecule has 0 aromatic heterocycles. The van der Waals surface area contributed by atoms with E-state index >= 15 is 0 Å². The lowest BCUT2D eigenvalue weighted by atomic mass is 9.91. The molecule has 1 heterocycles. The van der Waals surface area contributed by atoms with Gasteiger partial charge in [-0.15, -0.1) is 0 Å². The Kier molecular flexibility index (Phi) is 5.48. The Morgan fingerprint density at radius 3 is 2.54 bits per heavy atom. The van der Waals surface area contributed by atoms with Gasteiger partial charge in [-0.05, 0) is 48.2 Å². The zero-order valence-electron chi connectivity index (χ0n) is 14.3. The van der Waals surface area contributed by atoms with Crippen LogP contribution in [0.25, 0.3) is 0 Å². The number of para-hydroxylation sites is 1. The maximum absolute atomic E-state index is 12.8. The number of nitrogens with zero attached hydrogens (tertiary/aromatic N) is 2. The second kappa shape index (κ2) is 7.79. The molecule has 0 bridgehead atoms. The van der Waals surface area contributed by atoms with Gasteiger partial charge in [-0.1, -0.05) is 18.2 Å². The molecule has 0 radical (unpaired) electrons. The van der Waals surface area contributed by atoms with Gasteiger partial charge < -0.3 is 10.2 Å². The van der Waals surface area contributed by atoms with E-state index in [-0.39, 0.29) is 0 Å². The molecule has 0 fully saturated rings. The van der Waals surface area contributed by atoms with Crippen molar-refractivity contribution in [1.82, 2.24) is 5.32 Å². The number of benzene rings is 2. The molecule has 1 unspecified atom stereocenters. The Morgan fingerprint density at radius 1 is 1.12 bits per heavy atom. The summed E-state index contributed by atoms with van der Waals surface area (Å²) in [6, 6.07) is 15.4. The van der Waals surface area contributed by atoms with Gasteiger partial charge in [-0.2, -0.15) is 18.4 Å². The highest BCUT2D eigenvalue weighted by Crippen LogP contribution is 2.37. The predicted octanol–water partition coefficient (Wildman–Crippen LogP) is 4.52. The lowest BCUT2D eigenvalue weighted by Gasteiger charge is -2.36. The first-order valence-electron chi connectivity index (χ1n) is 8.59. The van der Waals surface area contributed by atoms with E-state index in [1.54, 1.807) is 0 Å². The van der Waals surface area contributed by atoms with Gasteiger partial charge in [-0.25, -0.2) is 0 Å². The molecule has 1 atom stereocenters. The van der Waals surface area contributed by atoms with E-state index in [1.807, 2.05) is 18.2 Å². The molecule has 136 valence electrons. The fourth-order valence-electron chi connectivity index (χ4n) is 3.34. The van der Waals surface area contributed by atoms with Crippen LogP contribution in [0.15, 0.2) is 48.5 Å². The molecule has 3 rings (SSSR count).